The number of carboxylic acids is 1. The fourth-order valence-corrected chi connectivity index (χ4v) is 2.72. The van der Waals surface area contributed by atoms with Gasteiger partial charge >= 0.3 is 5.97 Å². The molecule has 0 aliphatic carbocycles. The maximum Gasteiger partial charge on any atom is 0.307 e. The predicted octanol–water partition coefficient (Wildman–Crippen LogP) is 1.80. The number of nitrogens with one attached hydrogen (secondary N) is 1. The molecule has 1 saturated heterocycles. The van der Waals surface area contributed by atoms with Gasteiger partial charge in [0.25, 0.3) is 0 Å². The molecular formula is C12H12ClNO4. The first-order valence-corrected chi connectivity index (χ1v) is 6.09. The number of hydrogen-bond acceptors (Lipinski definition) is 4. The molecule has 0 bridgehead atoms. The van der Waals surface area contributed by atoms with Gasteiger partial charge in [-0.3, -0.25) is 4.79 Å². The summed E-state index contributed by atoms with van der Waals surface area (Å²) in [5, 5.41) is 12.8. The topological polar surface area (TPSA) is 67.8 Å². The molecule has 6 heteroatoms. The Bertz CT molecular complexity index is 505. The first kappa shape index (κ1) is 11.6. The predicted molar refractivity (Wildman–Crippen MR) is 64.1 cm³/mol. The van der Waals surface area contributed by atoms with E-state index >= 15 is 0 Å². The summed E-state index contributed by atoms with van der Waals surface area (Å²) in [7, 11) is 0. The van der Waals surface area contributed by atoms with Gasteiger partial charge in [-0.1, -0.05) is 11.6 Å². The number of ether oxygens (including phenoxy) is 2. The second-order valence-corrected chi connectivity index (χ2v) is 4.83. The van der Waals surface area contributed by atoms with Crippen LogP contribution in [0.2, 0.25) is 5.02 Å². The summed E-state index contributed by atoms with van der Waals surface area (Å²) in [6.45, 7) is 0.624. The molecule has 2 aliphatic heterocycles. The fraction of sp³-hybridized carbons (Fsp3) is 0.417. The van der Waals surface area contributed by atoms with Gasteiger partial charge in [-0.05, 0) is 18.6 Å². The lowest BCUT2D eigenvalue weighted by atomic mass is 9.99. The van der Waals surface area contributed by atoms with Crippen molar-refractivity contribution in [3.8, 4) is 11.5 Å². The van der Waals surface area contributed by atoms with E-state index < -0.39 is 5.97 Å². The van der Waals surface area contributed by atoms with Gasteiger partial charge in [-0.15, -0.1) is 0 Å². The monoisotopic (exact) mass is 269 g/mol. The van der Waals surface area contributed by atoms with Gasteiger partial charge in [-0.2, -0.15) is 0 Å². The Morgan fingerprint density at radius 1 is 1.44 bits per heavy atom. The van der Waals surface area contributed by atoms with Crippen LogP contribution in [0.1, 0.15) is 18.0 Å². The number of carboxylic acid groups (broad SMARTS) is 1. The molecule has 2 atom stereocenters. The highest BCUT2D eigenvalue weighted by molar-refractivity contribution is 6.31. The molecule has 2 unspecified atom stereocenters. The van der Waals surface area contributed by atoms with E-state index in [-0.39, 0.29) is 18.8 Å². The van der Waals surface area contributed by atoms with E-state index in [0.29, 0.717) is 29.5 Å². The summed E-state index contributed by atoms with van der Waals surface area (Å²) >= 11 is 6.19. The third-order valence-electron chi connectivity index (χ3n) is 3.35. The number of halogens is 1. The van der Waals surface area contributed by atoms with Gasteiger partial charge in [0.2, 0.25) is 6.79 Å². The number of rotatable bonds is 2. The first-order chi connectivity index (χ1) is 8.66. The Labute approximate surface area is 109 Å². The van der Waals surface area contributed by atoms with Gasteiger partial charge in [0.1, 0.15) is 0 Å². The molecule has 0 radical (unpaired) electrons. The van der Waals surface area contributed by atoms with E-state index in [9.17, 15) is 4.79 Å². The van der Waals surface area contributed by atoms with Crippen LogP contribution in [-0.2, 0) is 4.79 Å². The minimum atomic E-state index is -0.786. The van der Waals surface area contributed by atoms with Crippen molar-refractivity contribution in [2.24, 2.45) is 5.92 Å². The van der Waals surface area contributed by atoms with Crippen LogP contribution in [0.4, 0.5) is 0 Å². The standard InChI is InChI=1S/C12H12ClNO4/c13-7-1-2-9-11(18-5-17-9)10(7)8-3-6(4-14-8)12(15)16/h1-2,6,8,14H,3-5H2,(H,15,16). The maximum absolute atomic E-state index is 11.0. The number of hydrogen-bond donors (Lipinski definition) is 2. The maximum atomic E-state index is 11.0. The van der Waals surface area contributed by atoms with Crippen LogP contribution in [0.25, 0.3) is 0 Å². The van der Waals surface area contributed by atoms with Crippen molar-refractivity contribution in [2.75, 3.05) is 13.3 Å². The molecule has 96 valence electrons. The zero-order valence-electron chi connectivity index (χ0n) is 9.48. The highest BCUT2D eigenvalue weighted by Gasteiger charge is 2.34. The first-order valence-electron chi connectivity index (χ1n) is 5.71. The Kier molecular flexibility index (Phi) is 2.80. The minimum absolute atomic E-state index is 0.102. The van der Waals surface area contributed by atoms with Crippen molar-refractivity contribution in [3.05, 3.63) is 22.7 Å². The van der Waals surface area contributed by atoms with Gasteiger partial charge in [0.05, 0.1) is 5.92 Å². The SMILES string of the molecule is O=C(O)C1CNC(c2c(Cl)ccc3c2OCO3)C1. The Balaban J connectivity index is 1.94. The van der Waals surface area contributed by atoms with Gasteiger partial charge < -0.3 is 19.9 Å². The summed E-state index contributed by atoms with van der Waals surface area (Å²) in [5.41, 5.74) is 0.801. The highest BCUT2D eigenvalue weighted by atomic mass is 35.5. The summed E-state index contributed by atoms with van der Waals surface area (Å²) in [6, 6.07) is 3.41. The molecule has 18 heavy (non-hydrogen) atoms. The zero-order chi connectivity index (χ0) is 12.7. The molecule has 2 aliphatic rings. The molecule has 1 fully saturated rings. The number of carbonyl (C=O) groups is 1. The lowest BCUT2D eigenvalue weighted by molar-refractivity contribution is -0.141. The van der Waals surface area contributed by atoms with Crippen LogP contribution >= 0.6 is 11.6 Å². The van der Waals surface area contributed by atoms with E-state index in [4.69, 9.17) is 26.2 Å². The van der Waals surface area contributed by atoms with E-state index in [1.807, 2.05) is 0 Å². The molecule has 1 aromatic carbocycles. The Morgan fingerprint density at radius 3 is 3.00 bits per heavy atom. The quantitative estimate of drug-likeness (QED) is 0.857. The molecule has 0 saturated carbocycles. The lowest BCUT2D eigenvalue weighted by Crippen LogP contribution is -2.17. The zero-order valence-corrected chi connectivity index (χ0v) is 10.2. The third kappa shape index (κ3) is 1.79. The lowest BCUT2D eigenvalue weighted by Gasteiger charge is -2.15. The Morgan fingerprint density at radius 2 is 2.28 bits per heavy atom. The molecule has 3 rings (SSSR count). The average Bonchev–Trinajstić information content (AvgIpc) is 2.95. The van der Waals surface area contributed by atoms with Crippen LogP contribution in [0.5, 0.6) is 11.5 Å². The van der Waals surface area contributed by atoms with Crippen LogP contribution in [0, 0.1) is 5.92 Å². The van der Waals surface area contributed by atoms with Crippen LogP contribution in [0.3, 0.4) is 0 Å². The van der Waals surface area contributed by atoms with Crippen molar-refractivity contribution in [1.29, 1.82) is 0 Å². The number of aliphatic carboxylic acids is 1. The van der Waals surface area contributed by atoms with Crippen LogP contribution < -0.4 is 14.8 Å². The normalized spacial score (nSPS) is 25.4. The van der Waals surface area contributed by atoms with Crippen molar-refractivity contribution in [2.45, 2.75) is 12.5 Å². The van der Waals surface area contributed by atoms with Crippen molar-refractivity contribution < 1.29 is 19.4 Å². The minimum Gasteiger partial charge on any atom is -0.481 e. The van der Waals surface area contributed by atoms with E-state index in [1.165, 1.54) is 0 Å². The second kappa shape index (κ2) is 4.33. The molecule has 2 N–H and O–H groups in total. The number of benzene rings is 1. The number of fused-ring (bicyclic) bond motifs is 1. The van der Waals surface area contributed by atoms with E-state index in [2.05, 4.69) is 5.32 Å². The second-order valence-electron chi connectivity index (χ2n) is 4.43. The van der Waals surface area contributed by atoms with Crippen LogP contribution in [0.15, 0.2) is 12.1 Å². The molecule has 2 heterocycles. The highest BCUT2D eigenvalue weighted by Crippen LogP contribution is 2.45. The molecule has 1 aromatic rings. The van der Waals surface area contributed by atoms with Crippen LogP contribution in [-0.4, -0.2) is 24.4 Å². The summed E-state index contributed by atoms with van der Waals surface area (Å²) in [6.07, 6.45) is 0.509. The molecule has 0 spiro atoms. The van der Waals surface area contributed by atoms with E-state index in [1.54, 1.807) is 12.1 Å². The molecular weight excluding hydrogens is 258 g/mol. The average molecular weight is 270 g/mol. The third-order valence-corrected chi connectivity index (χ3v) is 3.68. The van der Waals surface area contributed by atoms with Gasteiger partial charge in [0, 0.05) is 23.2 Å². The fourth-order valence-electron chi connectivity index (χ4n) is 2.44. The van der Waals surface area contributed by atoms with Crippen molar-refractivity contribution >= 4 is 17.6 Å². The van der Waals surface area contributed by atoms with Gasteiger partial charge in [-0.25, -0.2) is 0 Å². The summed E-state index contributed by atoms with van der Waals surface area (Å²) < 4.78 is 10.7. The molecule has 0 aromatic heterocycles. The van der Waals surface area contributed by atoms with E-state index in [0.717, 1.165) is 5.56 Å². The van der Waals surface area contributed by atoms with Crippen molar-refractivity contribution in [3.63, 3.8) is 0 Å². The largest absolute Gasteiger partial charge is 0.481 e. The molecule has 5 nitrogen and oxygen atoms in total. The molecule has 0 amide bonds. The Hall–Kier alpha value is -1.46. The van der Waals surface area contributed by atoms with Crippen molar-refractivity contribution in [1.82, 2.24) is 5.32 Å². The summed E-state index contributed by atoms with van der Waals surface area (Å²) in [5.74, 6) is 0.121. The van der Waals surface area contributed by atoms with Gasteiger partial charge in [0.15, 0.2) is 11.5 Å². The summed E-state index contributed by atoms with van der Waals surface area (Å²) in [4.78, 5) is 11.0. The smallest absolute Gasteiger partial charge is 0.307 e.